The van der Waals surface area contributed by atoms with Crippen molar-refractivity contribution in [2.24, 2.45) is 0 Å². The molecule has 0 atom stereocenters. The molecule has 0 bridgehead atoms. The molecule has 154 valence electrons. The zero-order valence-corrected chi connectivity index (χ0v) is 17.4. The number of nitrogens with one attached hydrogen (secondary N) is 2. The Morgan fingerprint density at radius 3 is 2.40 bits per heavy atom. The van der Waals surface area contributed by atoms with E-state index in [-0.39, 0.29) is 18.4 Å². The second-order valence-electron chi connectivity index (χ2n) is 6.81. The maximum Gasteiger partial charge on any atom is 0.262 e. The fraction of sp³-hybridized carbons (Fsp3) is 0.167. The summed E-state index contributed by atoms with van der Waals surface area (Å²) >= 11 is 5.92. The lowest BCUT2D eigenvalue weighted by Gasteiger charge is -2.10. The number of carbonyl (C=O) groups excluding carboxylic acids is 2. The van der Waals surface area contributed by atoms with Crippen LogP contribution in [0.15, 0.2) is 72.8 Å². The van der Waals surface area contributed by atoms with Crippen molar-refractivity contribution in [2.45, 2.75) is 13.3 Å². The van der Waals surface area contributed by atoms with Crippen LogP contribution in [0.4, 0.5) is 5.69 Å². The fourth-order valence-electron chi connectivity index (χ4n) is 2.87. The van der Waals surface area contributed by atoms with E-state index in [1.807, 2.05) is 37.3 Å². The number of aryl methyl sites for hydroxylation is 1. The number of ether oxygens (including phenoxy) is 1. The van der Waals surface area contributed by atoms with Crippen molar-refractivity contribution in [1.82, 2.24) is 5.32 Å². The smallest absolute Gasteiger partial charge is 0.262 e. The van der Waals surface area contributed by atoms with E-state index in [9.17, 15) is 9.59 Å². The van der Waals surface area contributed by atoms with E-state index < -0.39 is 0 Å². The third-order valence-corrected chi connectivity index (χ3v) is 4.73. The van der Waals surface area contributed by atoms with Crippen LogP contribution in [-0.2, 0) is 11.2 Å². The molecular formula is C24H23ClN2O3. The number of benzene rings is 3. The molecule has 0 saturated carbocycles. The number of anilines is 1. The van der Waals surface area contributed by atoms with E-state index >= 15 is 0 Å². The minimum absolute atomic E-state index is 0.134. The first-order valence-corrected chi connectivity index (χ1v) is 10.00. The second kappa shape index (κ2) is 10.5. The molecule has 2 N–H and O–H groups in total. The minimum atomic E-state index is -0.275. The Morgan fingerprint density at radius 2 is 1.70 bits per heavy atom. The van der Waals surface area contributed by atoms with Gasteiger partial charge in [-0.25, -0.2) is 0 Å². The number of amides is 2. The van der Waals surface area contributed by atoms with Crippen molar-refractivity contribution in [3.63, 3.8) is 0 Å². The van der Waals surface area contributed by atoms with Crippen LogP contribution in [0.3, 0.4) is 0 Å². The first kappa shape index (κ1) is 21.4. The van der Waals surface area contributed by atoms with Gasteiger partial charge < -0.3 is 15.4 Å². The molecule has 0 heterocycles. The average molecular weight is 423 g/mol. The number of hydrogen-bond donors (Lipinski definition) is 2. The largest absolute Gasteiger partial charge is 0.484 e. The summed E-state index contributed by atoms with van der Waals surface area (Å²) < 4.78 is 5.51. The van der Waals surface area contributed by atoms with Gasteiger partial charge in [0.15, 0.2) is 6.61 Å². The van der Waals surface area contributed by atoms with Crippen LogP contribution in [0.5, 0.6) is 5.75 Å². The molecule has 0 aliphatic heterocycles. The van der Waals surface area contributed by atoms with Crippen LogP contribution >= 0.6 is 11.6 Å². The summed E-state index contributed by atoms with van der Waals surface area (Å²) in [6.07, 6.45) is 0.774. The molecule has 0 aliphatic rings. The average Bonchev–Trinajstić information content (AvgIpc) is 2.75. The third kappa shape index (κ3) is 6.36. The molecule has 3 aromatic carbocycles. The number of rotatable bonds is 8. The van der Waals surface area contributed by atoms with Gasteiger partial charge in [-0.15, -0.1) is 0 Å². The zero-order chi connectivity index (χ0) is 21.3. The predicted octanol–water partition coefficient (Wildman–Crippen LogP) is 4.64. The first-order valence-electron chi connectivity index (χ1n) is 9.62. The Bertz CT molecular complexity index is 1000. The summed E-state index contributed by atoms with van der Waals surface area (Å²) in [6, 6.07) is 21.9. The maximum atomic E-state index is 12.2. The molecule has 0 fully saturated rings. The van der Waals surface area contributed by atoms with Crippen LogP contribution in [0.25, 0.3) is 0 Å². The molecule has 30 heavy (non-hydrogen) atoms. The van der Waals surface area contributed by atoms with Gasteiger partial charge in [0.05, 0.1) is 0 Å². The monoisotopic (exact) mass is 422 g/mol. The van der Waals surface area contributed by atoms with Gasteiger partial charge in [-0.3, -0.25) is 9.59 Å². The molecular weight excluding hydrogens is 400 g/mol. The Labute approximate surface area is 181 Å². The minimum Gasteiger partial charge on any atom is -0.484 e. The number of hydrogen-bond acceptors (Lipinski definition) is 3. The Morgan fingerprint density at radius 1 is 0.967 bits per heavy atom. The van der Waals surface area contributed by atoms with Gasteiger partial charge in [0.25, 0.3) is 11.8 Å². The topological polar surface area (TPSA) is 67.4 Å². The van der Waals surface area contributed by atoms with E-state index in [4.69, 9.17) is 16.3 Å². The van der Waals surface area contributed by atoms with Crippen LogP contribution < -0.4 is 15.4 Å². The van der Waals surface area contributed by atoms with E-state index in [0.717, 1.165) is 12.0 Å². The van der Waals surface area contributed by atoms with Gasteiger partial charge in [-0.1, -0.05) is 41.9 Å². The molecule has 0 spiro atoms. The van der Waals surface area contributed by atoms with Gasteiger partial charge in [0.1, 0.15) is 5.75 Å². The van der Waals surface area contributed by atoms with Crippen molar-refractivity contribution in [3.05, 3.63) is 94.5 Å². The van der Waals surface area contributed by atoms with Gasteiger partial charge in [-0.2, -0.15) is 0 Å². The van der Waals surface area contributed by atoms with E-state index in [1.54, 1.807) is 42.5 Å². The number of carbonyl (C=O) groups is 2. The highest BCUT2D eigenvalue weighted by molar-refractivity contribution is 6.30. The Kier molecular flexibility index (Phi) is 7.46. The van der Waals surface area contributed by atoms with Crippen molar-refractivity contribution in [2.75, 3.05) is 18.5 Å². The summed E-state index contributed by atoms with van der Waals surface area (Å²) in [5.41, 5.74) is 3.28. The highest BCUT2D eigenvalue weighted by Crippen LogP contribution is 2.19. The van der Waals surface area contributed by atoms with Crippen molar-refractivity contribution in [1.29, 1.82) is 0 Å². The van der Waals surface area contributed by atoms with E-state index in [1.165, 1.54) is 5.56 Å². The zero-order valence-electron chi connectivity index (χ0n) is 16.7. The molecule has 6 heteroatoms. The molecule has 3 aromatic rings. The maximum absolute atomic E-state index is 12.2. The first-order chi connectivity index (χ1) is 14.5. The van der Waals surface area contributed by atoms with Crippen LogP contribution in [-0.4, -0.2) is 25.0 Å². The lowest BCUT2D eigenvalue weighted by molar-refractivity contribution is -0.118. The highest BCUT2D eigenvalue weighted by atomic mass is 35.5. The van der Waals surface area contributed by atoms with Crippen molar-refractivity contribution >= 4 is 29.1 Å². The van der Waals surface area contributed by atoms with Crippen LogP contribution in [0.1, 0.15) is 21.5 Å². The van der Waals surface area contributed by atoms with Crippen LogP contribution in [0, 0.1) is 6.92 Å². The van der Waals surface area contributed by atoms with Crippen LogP contribution in [0.2, 0.25) is 5.02 Å². The summed E-state index contributed by atoms with van der Waals surface area (Å²) in [7, 11) is 0. The van der Waals surface area contributed by atoms with Crippen molar-refractivity contribution < 1.29 is 14.3 Å². The standard InChI is InChI=1S/C24H23ClN2O3/c1-17-15-20(25)9-12-22(17)27-23(28)16-30-21-10-7-19(8-11-21)24(29)26-14-13-18-5-3-2-4-6-18/h2-12,15H,13-14,16H2,1H3,(H,26,29)(H,27,28). The van der Waals surface area contributed by atoms with Gasteiger partial charge in [-0.05, 0) is 66.9 Å². The second-order valence-corrected chi connectivity index (χ2v) is 7.25. The molecule has 2 amide bonds. The highest BCUT2D eigenvalue weighted by Gasteiger charge is 2.08. The Balaban J connectivity index is 1.44. The molecule has 0 radical (unpaired) electrons. The van der Waals surface area contributed by atoms with E-state index in [2.05, 4.69) is 10.6 Å². The predicted molar refractivity (Wildman–Crippen MR) is 119 cm³/mol. The lowest BCUT2D eigenvalue weighted by atomic mass is 10.1. The van der Waals surface area contributed by atoms with E-state index in [0.29, 0.717) is 28.6 Å². The molecule has 0 unspecified atom stereocenters. The normalized spacial score (nSPS) is 10.3. The molecule has 5 nitrogen and oxygen atoms in total. The van der Waals surface area contributed by atoms with Gasteiger partial charge in [0, 0.05) is 22.8 Å². The van der Waals surface area contributed by atoms with Gasteiger partial charge >= 0.3 is 0 Å². The molecule has 0 saturated heterocycles. The summed E-state index contributed by atoms with van der Waals surface area (Å²) in [4.78, 5) is 24.3. The third-order valence-electron chi connectivity index (χ3n) is 4.49. The number of halogens is 1. The van der Waals surface area contributed by atoms with Gasteiger partial charge in [0.2, 0.25) is 0 Å². The summed E-state index contributed by atoms with van der Waals surface area (Å²) in [5, 5.41) is 6.30. The summed E-state index contributed by atoms with van der Waals surface area (Å²) in [6.45, 7) is 2.29. The van der Waals surface area contributed by atoms with Crippen molar-refractivity contribution in [3.8, 4) is 5.75 Å². The fourth-order valence-corrected chi connectivity index (χ4v) is 3.10. The quantitative estimate of drug-likeness (QED) is 0.555. The SMILES string of the molecule is Cc1cc(Cl)ccc1NC(=O)COc1ccc(C(=O)NCCc2ccccc2)cc1. The Hall–Kier alpha value is -3.31. The summed E-state index contributed by atoms with van der Waals surface area (Å²) in [5.74, 6) is 0.0930. The molecule has 0 aliphatic carbocycles. The lowest BCUT2D eigenvalue weighted by Crippen LogP contribution is -2.25. The molecule has 0 aromatic heterocycles. The molecule has 3 rings (SSSR count).